The van der Waals surface area contributed by atoms with Gasteiger partial charge in [-0.15, -0.1) is 16.4 Å². The van der Waals surface area contributed by atoms with Crippen molar-refractivity contribution in [1.29, 1.82) is 0 Å². The van der Waals surface area contributed by atoms with Crippen molar-refractivity contribution < 1.29 is 4.79 Å². The molecule has 3 rings (SSSR count). The van der Waals surface area contributed by atoms with Crippen LogP contribution < -0.4 is 5.32 Å². The summed E-state index contributed by atoms with van der Waals surface area (Å²) in [7, 11) is 0. The fourth-order valence-electron chi connectivity index (χ4n) is 2.30. The molecule has 118 valence electrons. The second kappa shape index (κ2) is 7.48. The van der Waals surface area contributed by atoms with Gasteiger partial charge in [0.05, 0.1) is 4.88 Å². The van der Waals surface area contributed by atoms with Gasteiger partial charge < -0.3 is 5.32 Å². The first-order chi connectivity index (χ1) is 11.2. The van der Waals surface area contributed by atoms with E-state index in [4.69, 9.17) is 0 Å². The van der Waals surface area contributed by atoms with E-state index in [1.807, 2.05) is 42.6 Å². The Bertz CT molecular complexity index is 753. The summed E-state index contributed by atoms with van der Waals surface area (Å²) in [4.78, 5) is 14.0. The highest BCUT2D eigenvalue weighted by molar-refractivity contribution is 7.14. The Hall–Kier alpha value is -2.05. The minimum Gasteiger partial charge on any atom is -0.349 e. The average molecular weight is 343 g/mol. The molecule has 6 heteroatoms. The summed E-state index contributed by atoms with van der Waals surface area (Å²) in [6.07, 6.45) is 1.84. The SMILES string of the molecule is C[C@H](CCc1ccccc1)NC(=O)c1snnc1-c1cccs1. The molecule has 3 aromatic rings. The van der Waals surface area contributed by atoms with Crippen LogP contribution in [0.3, 0.4) is 0 Å². The van der Waals surface area contributed by atoms with E-state index in [0.29, 0.717) is 10.6 Å². The lowest BCUT2D eigenvalue weighted by molar-refractivity contribution is 0.0943. The zero-order valence-electron chi connectivity index (χ0n) is 12.7. The number of amides is 1. The van der Waals surface area contributed by atoms with Crippen LogP contribution in [0.2, 0.25) is 0 Å². The average Bonchev–Trinajstić information content (AvgIpc) is 3.24. The highest BCUT2D eigenvalue weighted by Crippen LogP contribution is 2.27. The number of carbonyl (C=O) groups excluding carboxylic acids is 1. The van der Waals surface area contributed by atoms with Gasteiger partial charge in [0.15, 0.2) is 0 Å². The Morgan fingerprint density at radius 1 is 1.22 bits per heavy atom. The molecule has 1 aromatic carbocycles. The molecule has 2 aromatic heterocycles. The van der Waals surface area contributed by atoms with Crippen molar-refractivity contribution in [3.05, 3.63) is 58.3 Å². The third-order valence-corrected chi connectivity index (χ3v) is 5.14. The van der Waals surface area contributed by atoms with Crippen LogP contribution in [0.5, 0.6) is 0 Å². The lowest BCUT2D eigenvalue weighted by Crippen LogP contribution is -2.32. The summed E-state index contributed by atoms with van der Waals surface area (Å²) in [5.41, 5.74) is 1.96. The zero-order chi connectivity index (χ0) is 16.1. The summed E-state index contributed by atoms with van der Waals surface area (Å²) in [6, 6.07) is 14.3. The molecule has 0 saturated carbocycles. The van der Waals surface area contributed by atoms with Gasteiger partial charge in [-0.1, -0.05) is 40.9 Å². The minimum absolute atomic E-state index is 0.0936. The number of carbonyl (C=O) groups is 1. The molecular weight excluding hydrogens is 326 g/mol. The summed E-state index contributed by atoms with van der Waals surface area (Å²) >= 11 is 2.71. The standard InChI is InChI=1S/C17H17N3OS2/c1-12(9-10-13-6-3-2-4-7-13)18-17(21)16-15(19-20-23-16)14-8-5-11-22-14/h2-8,11-12H,9-10H2,1H3,(H,18,21)/t12-/m1/s1. The Balaban J connectivity index is 1.60. The van der Waals surface area contributed by atoms with Gasteiger partial charge in [0.2, 0.25) is 0 Å². The summed E-state index contributed by atoms with van der Waals surface area (Å²) < 4.78 is 3.94. The summed E-state index contributed by atoms with van der Waals surface area (Å²) in [5.74, 6) is -0.0936. The number of nitrogens with one attached hydrogen (secondary N) is 1. The molecule has 4 nitrogen and oxygen atoms in total. The second-order valence-corrected chi connectivity index (χ2v) is 7.03. The van der Waals surface area contributed by atoms with Gasteiger partial charge in [-0.3, -0.25) is 4.79 Å². The molecule has 0 aliphatic carbocycles. The van der Waals surface area contributed by atoms with Crippen LogP contribution in [0.25, 0.3) is 10.6 Å². The number of thiophene rings is 1. The van der Waals surface area contributed by atoms with Crippen molar-refractivity contribution in [2.75, 3.05) is 0 Å². The lowest BCUT2D eigenvalue weighted by Gasteiger charge is -2.13. The van der Waals surface area contributed by atoms with Crippen LogP contribution in [0.15, 0.2) is 47.8 Å². The number of rotatable bonds is 6. The molecule has 0 spiro atoms. The molecule has 0 radical (unpaired) electrons. The molecule has 0 unspecified atom stereocenters. The van der Waals surface area contributed by atoms with Crippen molar-refractivity contribution in [3.63, 3.8) is 0 Å². The lowest BCUT2D eigenvalue weighted by atomic mass is 10.1. The molecule has 1 amide bonds. The maximum atomic E-state index is 12.5. The molecule has 0 fully saturated rings. The Morgan fingerprint density at radius 3 is 2.78 bits per heavy atom. The van der Waals surface area contributed by atoms with E-state index in [0.717, 1.165) is 29.3 Å². The van der Waals surface area contributed by atoms with Crippen LogP contribution in [0.4, 0.5) is 0 Å². The first-order valence-corrected chi connectivity index (χ1v) is 9.10. The third-order valence-electron chi connectivity index (χ3n) is 3.54. The number of aromatic nitrogens is 2. The Morgan fingerprint density at radius 2 is 2.04 bits per heavy atom. The van der Waals surface area contributed by atoms with Gasteiger partial charge in [0.25, 0.3) is 5.91 Å². The van der Waals surface area contributed by atoms with Crippen molar-refractivity contribution in [1.82, 2.24) is 14.9 Å². The van der Waals surface area contributed by atoms with Crippen molar-refractivity contribution in [2.24, 2.45) is 0 Å². The molecule has 0 saturated heterocycles. The predicted octanol–water partition coefficient (Wildman–Crippen LogP) is 4.02. The first kappa shape index (κ1) is 15.8. The van der Waals surface area contributed by atoms with Gasteiger partial charge in [-0.2, -0.15) is 0 Å². The van der Waals surface area contributed by atoms with E-state index in [9.17, 15) is 4.79 Å². The second-order valence-electron chi connectivity index (χ2n) is 5.33. The van der Waals surface area contributed by atoms with E-state index < -0.39 is 0 Å². The van der Waals surface area contributed by atoms with Crippen molar-refractivity contribution >= 4 is 28.8 Å². The van der Waals surface area contributed by atoms with Gasteiger partial charge >= 0.3 is 0 Å². The first-order valence-electron chi connectivity index (χ1n) is 7.45. The maximum Gasteiger partial charge on any atom is 0.265 e. The van der Waals surface area contributed by atoms with Gasteiger partial charge in [-0.05, 0) is 48.3 Å². The largest absolute Gasteiger partial charge is 0.349 e. The third kappa shape index (κ3) is 4.03. The molecule has 1 atom stereocenters. The molecule has 0 bridgehead atoms. The molecule has 1 N–H and O–H groups in total. The number of benzene rings is 1. The predicted molar refractivity (Wildman–Crippen MR) is 94.9 cm³/mol. The van der Waals surface area contributed by atoms with Gasteiger partial charge in [0, 0.05) is 6.04 Å². The van der Waals surface area contributed by atoms with Crippen molar-refractivity contribution in [2.45, 2.75) is 25.8 Å². The van der Waals surface area contributed by atoms with Crippen LogP contribution in [-0.2, 0) is 6.42 Å². The van der Waals surface area contributed by atoms with Gasteiger partial charge in [0.1, 0.15) is 10.6 Å². The monoisotopic (exact) mass is 343 g/mol. The number of aryl methyl sites for hydroxylation is 1. The van der Waals surface area contributed by atoms with E-state index in [1.165, 1.54) is 5.56 Å². The smallest absolute Gasteiger partial charge is 0.265 e. The van der Waals surface area contributed by atoms with E-state index in [1.54, 1.807) is 11.3 Å². The normalized spacial score (nSPS) is 12.0. The quantitative estimate of drug-likeness (QED) is 0.735. The molecular formula is C17H17N3OS2. The van der Waals surface area contributed by atoms with E-state index >= 15 is 0 Å². The number of hydrogen-bond acceptors (Lipinski definition) is 5. The number of nitrogens with zero attached hydrogens (tertiary/aromatic N) is 2. The molecule has 0 aliphatic rings. The summed E-state index contributed by atoms with van der Waals surface area (Å²) in [6.45, 7) is 2.03. The number of hydrogen-bond donors (Lipinski definition) is 1. The Labute approximate surface area is 143 Å². The highest BCUT2D eigenvalue weighted by atomic mass is 32.1. The van der Waals surface area contributed by atoms with Crippen LogP contribution in [0, 0.1) is 0 Å². The maximum absolute atomic E-state index is 12.5. The fourth-order valence-corrected chi connectivity index (χ4v) is 3.67. The zero-order valence-corrected chi connectivity index (χ0v) is 14.4. The van der Waals surface area contributed by atoms with Crippen molar-refractivity contribution in [3.8, 4) is 10.6 Å². The van der Waals surface area contributed by atoms with Crippen LogP contribution in [0.1, 0.15) is 28.6 Å². The summed E-state index contributed by atoms with van der Waals surface area (Å²) in [5, 5.41) is 9.12. The van der Waals surface area contributed by atoms with Crippen LogP contribution >= 0.6 is 22.9 Å². The minimum atomic E-state index is -0.0936. The van der Waals surface area contributed by atoms with E-state index in [2.05, 4.69) is 27.0 Å². The highest BCUT2D eigenvalue weighted by Gasteiger charge is 2.19. The van der Waals surface area contributed by atoms with Gasteiger partial charge in [-0.25, -0.2) is 0 Å². The van der Waals surface area contributed by atoms with Crippen LogP contribution in [-0.4, -0.2) is 21.5 Å². The fraction of sp³-hybridized carbons (Fsp3) is 0.235. The van der Waals surface area contributed by atoms with E-state index in [-0.39, 0.29) is 11.9 Å². The molecule has 0 aliphatic heterocycles. The molecule has 23 heavy (non-hydrogen) atoms. The topological polar surface area (TPSA) is 54.9 Å². The molecule has 2 heterocycles. The Kier molecular flexibility index (Phi) is 5.15.